The van der Waals surface area contributed by atoms with Crippen LogP contribution in [0.2, 0.25) is 0 Å². The zero-order valence-electron chi connectivity index (χ0n) is 22.7. The molecule has 8 heteroatoms. The molecule has 0 aliphatic carbocycles. The van der Waals surface area contributed by atoms with Crippen molar-refractivity contribution in [3.05, 3.63) is 29.8 Å². The molecule has 0 spiro atoms. The summed E-state index contributed by atoms with van der Waals surface area (Å²) >= 11 is 0. The van der Waals surface area contributed by atoms with Gasteiger partial charge in [0.1, 0.15) is 6.61 Å². The third kappa shape index (κ3) is 20.9. The third-order valence-electron chi connectivity index (χ3n) is 5.30. The fourth-order valence-corrected chi connectivity index (χ4v) is 3.33. The van der Waals surface area contributed by atoms with Gasteiger partial charge in [0, 0.05) is 6.61 Å². The van der Waals surface area contributed by atoms with E-state index in [2.05, 4.69) is 13.0 Å². The van der Waals surface area contributed by atoms with Crippen molar-refractivity contribution in [2.75, 3.05) is 85.9 Å². The lowest BCUT2D eigenvalue weighted by molar-refractivity contribution is -0.216. The van der Waals surface area contributed by atoms with Crippen LogP contribution in [0.1, 0.15) is 57.9 Å². The number of unbranched alkanes of at least 4 members (excludes halogenated alkanes) is 5. The van der Waals surface area contributed by atoms with E-state index in [4.69, 9.17) is 38.2 Å². The second-order valence-corrected chi connectivity index (χ2v) is 8.29. The lowest BCUT2D eigenvalue weighted by atomic mass is 10.0. The van der Waals surface area contributed by atoms with Gasteiger partial charge in [-0.25, -0.2) is 0 Å². The van der Waals surface area contributed by atoms with E-state index in [1.54, 1.807) is 0 Å². The topological polar surface area (TPSA) is 73.8 Å². The van der Waals surface area contributed by atoms with E-state index in [1.807, 2.05) is 25.1 Å². The molecule has 0 heterocycles. The van der Waals surface area contributed by atoms with Crippen LogP contribution in [-0.4, -0.2) is 85.9 Å². The van der Waals surface area contributed by atoms with Crippen LogP contribution in [0.15, 0.2) is 24.3 Å². The minimum atomic E-state index is 0.367. The molecule has 0 bridgehead atoms. The van der Waals surface area contributed by atoms with Gasteiger partial charge in [-0.15, -0.1) is 0 Å². The van der Waals surface area contributed by atoms with Gasteiger partial charge in [-0.3, -0.25) is 0 Å². The van der Waals surface area contributed by atoms with Gasteiger partial charge in [0.15, 0.2) is 5.75 Å². The summed E-state index contributed by atoms with van der Waals surface area (Å²) in [6.07, 6.45) is 8.71. The van der Waals surface area contributed by atoms with Crippen molar-refractivity contribution in [1.82, 2.24) is 0 Å². The van der Waals surface area contributed by atoms with E-state index in [1.165, 1.54) is 44.1 Å². The number of hydrogen-bond acceptors (Lipinski definition) is 8. The zero-order chi connectivity index (χ0) is 25.8. The maximum absolute atomic E-state index is 5.52. The van der Waals surface area contributed by atoms with Gasteiger partial charge in [0.2, 0.25) is 0 Å². The molecule has 1 rings (SSSR count). The monoisotopic (exact) mass is 514 g/mol. The van der Waals surface area contributed by atoms with E-state index in [9.17, 15) is 0 Å². The lowest BCUT2D eigenvalue weighted by Crippen LogP contribution is -2.14. The Labute approximate surface area is 218 Å². The Balaban J connectivity index is 1.85. The molecular weight excluding hydrogens is 464 g/mol. The summed E-state index contributed by atoms with van der Waals surface area (Å²) in [4.78, 5) is 10.9. The van der Waals surface area contributed by atoms with Crippen LogP contribution in [-0.2, 0) is 39.7 Å². The predicted octanol–water partition coefficient (Wildman–Crippen LogP) is 5.02. The van der Waals surface area contributed by atoms with Crippen LogP contribution in [0, 0.1) is 0 Å². The second-order valence-electron chi connectivity index (χ2n) is 8.29. The number of benzene rings is 1. The van der Waals surface area contributed by atoms with E-state index in [0.717, 1.165) is 12.2 Å². The first-order valence-corrected chi connectivity index (χ1v) is 13.7. The SMILES string of the molecule is CCCCCCCCc1ccccc1OOCCOCCOCCOCCOCCOCCOCC. The van der Waals surface area contributed by atoms with Crippen molar-refractivity contribution >= 4 is 0 Å². The summed E-state index contributed by atoms with van der Waals surface area (Å²) in [6.45, 7) is 11.3. The highest BCUT2D eigenvalue weighted by Crippen LogP contribution is 2.21. The number of para-hydroxylation sites is 1. The fourth-order valence-electron chi connectivity index (χ4n) is 3.33. The van der Waals surface area contributed by atoms with Gasteiger partial charge in [-0.2, -0.15) is 4.89 Å². The molecule has 0 saturated carbocycles. The van der Waals surface area contributed by atoms with Crippen LogP contribution in [0.25, 0.3) is 0 Å². The van der Waals surface area contributed by atoms with Gasteiger partial charge in [-0.05, 0) is 31.4 Å². The Morgan fingerprint density at radius 1 is 0.500 bits per heavy atom. The lowest BCUT2D eigenvalue weighted by Gasteiger charge is -2.10. The van der Waals surface area contributed by atoms with Crippen LogP contribution in [0.5, 0.6) is 5.75 Å². The number of ether oxygens (including phenoxy) is 6. The standard InChI is InChI=1S/C28H50O8/c1-3-5-6-7-8-9-12-27-13-10-11-14-28(27)36-35-26-25-34-24-23-33-22-21-32-20-19-31-18-17-30-16-15-29-4-2/h10-11,13-14H,3-9,12,15-26H2,1-2H3. The Morgan fingerprint density at radius 2 is 0.972 bits per heavy atom. The third-order valence-corrected chi connectivity index (χ3v) is 5.30. The minimum Gasteiger partial charge on any atom is -0.379 e. The summed E-state index contributed by atoms with van der Waals surface area (Å²) in [7, 11) is 0. The summed E-state index contributed by atoms with van der Waals surface area (Å²) in [5.74, 6) is 0.797. The number of hydrogen-bond donors (Lipinski definition) is 0. The average Bonchev–Trinajstić information content (AvgIpc) is 2.90. The van der Waals surface area contributed by atoms with E-state index >= 15 is 0 Å². The van der Waals surface area contributed by atoms with Gasteiger partial charge in [0.05, 0.1) is 72.7 Å². The molecule has 0 atom stereocenters. The molecule has 0 N–H and O–H groups in total. The predicted molar refractivity (Wildman–Crippen MR) is 141 cm³/mol. The summed E-state index contributed by atoms with van der Waals surface area (Å²) in [5, 5.41) is 0. The molecule has 0 fully saturated rings. The van der Waals surface area contributed by atoms with Crippen LogP contribution in [0.3, 0.4) is 0 Å². The highest BCUT2D eigenvalue weighted by molar-refractivity contribution is 5.32. The van der Waals surface area contributed by atoms with Crippen molar-refractivity contribution in [2.45, 2.75) is 58.8 Å². The van der Waals surface area contributed by atoms with E-state index in [-0.39, 0.29) is 0 Å². The molecule has 36 heavy (non-hydrogen) atoms. The van der Waals surface area contributed by atoms with E-state index in [0.29, 0.717) is 85.9 Å². The van der Waals surface area contributed by atoms with Crippen LogP contribution >= 0.6 is 0 Å². The fraction of sp³-hybridized carbons (Fsp3) is 0.786. The van der Waals surface area contributed by atoms with Gasteiger partial charge < -0.3 is 33.3 Å². The average molecular weight is 515 g/mol. The second kappa shape index (κ2) is 26.8. The van der Waals surface area contributed by atoms with Crippen molar-refractivity contribution in [2.24, 2.45) is 0 Å². The molecule has 0 aromatic heterocycles. The summed E-state index contributed by atoms with van der Waals surface area (Å²) < 4.78 is 32.4. The Kier molecular flexibility index (Phi) is 24.4. The first kappa shape index (κ1) is 32.8. The first-order chi connectivity index (χ1) is 17.9. The molecule has 0 unspecified atom stereocenters. The maximum Gasteiger partial charge on any atom is 0.168 e. The quantitative estimate of drug-likeness (QED) is 0.0877. The molecule has 1 aromatic carbocycles. The van der Waals surface area contributed by atoms with Crippen LogP contribution < -0.4 is 4.89 Å². The first-order valence-electron chi connectivity index (χ1n) is 13.7. The largest absolute Gasteiger partial charge is 0.379 e. The molecule has 0 radical (unpaired) electrons. The molecule has 0 amide bonds. The molecule has 8 nitrogen and oxygen atoms in total. The van der Waals surface area contributed by atoms with Gasteiger partial charge >= 0.3 is 0 Å². The van der Waals surface area contributed by atoms with E-state index < -0.39 is 0 Å². The summed E-state index contributed by atoms with van der Waals surface area (Å²) in [6, 6.07) is 8.08. The molecule has 1 aromatic rings. The highest BCUT2D eigenvalue weighted by atomic mass is 17.2. The summed E-state index contributed by atoms with van der Waals surface area (Å²) in [5.41, 5.74) is 1.19. The molecule has 0 aliphatic rings. The minimum absolute atomic E-state index is 0.367. The smallest absolute Gasteiger partial charge is 0.168 e. The van der Waals surface area contributed by atoms with Gasteiger partial charge in [0.25, 0.3) is 0 Å². The molecular formula is C28H50O8. The maximum atomic E-state index is 5.52. The Hall–Kier alpha value is -1.26. The number of rotatable bonds is 28. The highest BCUT2D eigenvalue weighted by Gasteiger charge is 2.04. The van der Waals surface area contributed by atoms with Crippen molar-refractivity contribution in [1.29, 1.82) is 0 Å². The normalized spacial score (nSPS) is 11.3. The Bertz CT molecular complexity index is 572. The zero-order valence-corrected chi connectivity index (χ0v) is 22.7. The molecule has 0 saturated heterocycles. The van der Waals surface area contributed by atoms with Gasteiger partial charge in [-0.1, -0.05) is 57.2 Å². The number of aryl methyl sites for hydroxylation is 1. The van der Waals surface area contributed by atoms with Crippen LogP contribution in [0.4, 0.5) is 0 Å². The molecule has 210 valence electrons. The van der Waals surface area contributed by atoms with Crippen molar-refractivity contribution in [3.63, 3.8) is 0 Å². The van der Waals surface area contributed by atoms with Crippen molar-refractivity contribution < 1.29 is 38.2 Å². The Morgan fingerprint density at radius 3 is 1.53 bits per heavy atom. The van der Waals surface area contributed by atoms with Crippen molar-refractivity contribution in [3.8, 4) is 5.75 Å². The molecule has 0 aliphatic heterocycles.